The minimum absolute atomic E-state index is 0.235. The summed E-state index contributed by atoms with van der Waals surface area (Å²) in [5.74, 6) is 0.771. The number of anilines is 1. The lowest BCUT2D eigenvalue weighted by atomic mass is 9.79. The highest BCUT2D eigenvalue weighted by Crippen LogP contribution is 2.43. The molecule has 2 saturated heterocycles. The summed E-state index contributed by atoms with van der Waals surface area (Å²) in [6.45, 7) is 4.75. The minimum atomic E-state index is -4.22. The summed E-state index contributed by atoms with van der Waals surface area (Å²) < 4.78 is 38.5. The van der Waals surface area contributed by atoms with E-state index in [9.17, 15) is 13.2 Å². The van der Waals surface area contributed by atoms with Gasteiger partial charge in [-0.1, -0.05) is 12.1 Å². The lowest BCUT2D eigenvalue weighted by molar-refractivity contribution is -0.126. The van der Waals surface area contributed by atoms with Gasteiger partial charge in [0, 0.05) is 54.7 Å². The van der Waals surface area contributed by atoms with E-state index in [4.69, 9.17) is 0 Å². The quantitative estimate of drug-likeness (QED) is 0.469. The Kier molecular flexibility index (Phi) is 4.49. The van der Waals surface area contributed by atoms with Gasteiger partial charge in [-0.15, -0.1) is 11.3 Å². The fourth-order valence-electron chi connectivity index (χ4n) is 5.27. The molecule has 5 heterocycles. The van der Waals surface area contributed by atoms with Crippen LogP contribution in [0.1, 0.15) is 16.9 Å². The molecule has 5 nitrogen and oxygen atoms in total. The van der Waals surface area contributed by atoms with E-state index in [0.29, 0.717) is 4.83 Å². The van der Waals surface area contributed by atoms with E-state index in [0.717, 1.165) is 61.7 Å². The smallest absolute Gasteiger partial charge is 0.361 e. The van der Waals surface area contributed by atoms with Crippen molar-refractivity contribution in [1.29, 1.82) is 0 Å². The number of thiophene rings is 1. The lowest BCUT2D eigenvalue weighted by Gasteiger charge is -2.48. The zero-order valence-electron chi connectivity index (χ0n) is 17.3. The number of aromatic nitrogens is 3. The van der Waals surface area contributed by atoms with Crippen LogP contribution in [0.15, 0.2) is 42.9 Å². The number of aromatic amines is 1. The maximum absolute atomic E-state index is 12.8. The number of rotatable bonds is 4. The first-order valence-electron chi connectivity index (χ1n) is 10.7. The predicted molar refractivity (Wildman–Crippen MR) is 120 cm³/mol. The fraction of sp³-hybridized carbons (Fsp3) is 0.391. The topological polar surface area (TPSA) is 48.0 Å². The molecule has 0 radical (unpaired) electrons. The molecule has 2 fully saturated rings. The van der Waals surface area contributed by atoms with Gasteiger partial charge in [-0.05, 0) is 35.6 Å². The zero-order valence-corrected chi connectivity index (χ0v) is 18.1. The van der Waals surface area contributed by atoms with Gasteiger partial charge in [0.05, 0.1) is 11.8 Å². The summed E-state index contributed by atoms with van der Waals surface area (Å²) >= 11 is 1.11. The molecule has 0 bridgehead atoms. The predicted octanol–water partition coefficient (Wildman–Crippen LogP) is 4.99. The van der Waals surface area contributed by atoms with Crippen LogP contribution >= 0.6 is 11.3 Å². The molecule has 1 N–H and O–H groups in total. The van der Waals surface area contributed by atoms with Gasteiger partial charge in [0.2, 0.25) is 0 Å². The molecule has 1 aromatic carbocycles. The van der Waals surface area contributed by atoms with E-state index >= 15 is 0 Å². The second-order valence-corrected chi connectivity index (χ2v) is 10.3. The van der Waals surface area contributed by atoms with Gasteiger partial charge in [0.25, 0.3) is 0 Å². The number of likely N-dealkylation sites (tertiary alicyclic amines) is 1. The molecule has 32 heavy (non-hydrogen) atoms. The Bertz CT molecular complexity index is 1290. The Morgan fingerprint density at radius 3 is 2.81 bits per heavy atom. The summed E-state index contributed by atoms with van der Waals surface area (Å²) in [5.41, 5.74) is 2.70. The first-order valence-corrected chi connectivity index (χ1v) is 11.5. The lowest BCUT2D eigenvalue weighted by Crippen LogP contribution is -2.56. The molecule has 2 aliphatic heterocycles. The van der Waals surface area contributed by atoms with E-state index in [1.165, 1.54) is 22.8 Å². The molecule has 2 aliphatic rings. The van der Waals surface area contributed by atoms with Crippen LogP contribution in [0.3, 0.4) is 0 Å². The number of benzene rings is 1. The molecule has 0 amide bonds. The van der Waals surface area contributed by atoms with Gasteiger partial charge in [0.15, 0.2) is 0 Å². The molecule has 6 rings (SSSR count). The molecule has 0 atom stereocenters. The normalized spacial score (nSPS) is 18.8. The van der Waals surface area contributed by atoms with E-state index < -0.39 is 12.6 Å². The van der Waals surface area contributed by atoms with Gasteiger partial charge >= 0.3 is 6.18 Å². The van der Waals surface area contributed by atoms with Crippen LogP contribution in [0, 0.1) is 5.41 Å². The molecule has 1 spiro atoms. The average Bonchev–Trinajstić information content (AvgIpc) is 3.43. The Labute approximate surface area is 186 Å². The summed E-state index contributed by atoms with van der Waals surface area (Å²) in [6.07, 6.45) is -0.623. The molecule has 0 aliphatic carbocycles. The van der Waals surface area contributed by atoms with Crippen molar-refractivity contribution in [3.8, 4) is 0 Å². The summed E-state index contributed by atoms with van der Waals surface area (Å²) in [5, 5.41) is 1.97. The number of H-pyrrole nitrogens is 1. The summed E-state index contributed by atoms with van der Waals surface area (Å²) in [6, 6.07) is 10.3. The Hall–Kier alpha value is -2.65. The number of hydrogen-bond donors (Lipinski definition) is 1. The van der Waals surface area contributed by atoms with Gasteiger partial charge in [0.1, 0.15) is 17.0 Å². The standard InChI is InChI=1S/C23H22F3N5S/c24-23(25,26)9-17-8-18-20(28-14-29-21(18)32-17)31-6-4-22(13-31)11-30(12-22)10-15-1-2-16-3-5-27-19(16)7-15/h1-3,5,7-8,14,27H,4,6,9-13H2. The molecule has 4 aromatic rings. The highest BCUT2D eigenvalue weighted by atomic mass is 32.1. The van der Waals surface area contributed by atoms with Crippen molar-refractivity contribution in [2.24, 2.45) is 5.41 Å². The van der Waals surface area contributed by atoms with Crippen molar-refractivity contribution in [2.75, 3.05) is 31.1 Å². The van der Waals surface area contributed by atoms with Gasteiger partial charge in [-0.25, -0.2) is 9.97 Å². The monoisotopic (exact) mass is 457 g/mol. The van der Waals surface area contributed by atoms with Crippen LogP contribution in [-0.4, -0.2) is 52.2 Å². The Morgan fingerprint density at radius 2 is 1.97 bits per heavy atom. The number of hydrogen-bond acceptors (Lipinski definition) is 5. The molecule has 0 saturated carbocycles. The van der Waals surface area contributed by atoms with E-state index in [1.807, 2.05) is 6.20 Å². The number of halogens is 3. The first-order chi connectivity index (χ1) is 15.4. The van der Waals surface area contributed by atoms with Crippen LogP contribution in [0.4, 0.5) is 19.0 Å². The molecule has 3 aromatic heterocycles. The molecule has 0 unspecified atom stereocenters. The van der Waals surface area contributed by atoms with E-state index in [-0.39, 0.29) is 10.3 Å². The van der Waals surface area contributed by atoms with Gasteiger partial charge < -0.3 is 9.88 Å². The van der Waals surface area contributed by atoms with Crippen LogP contribution in [0.5, 0.6) is 0 Å². The number of nitrogens with one attached hydrogen (secondary N) is 1. The molecular weight excluding hydrogens is 435 g/mol. The molecular formula is C23H22F3N5S. The van der Waals surface area contributed by atoms with Gasteiger partial charge in [-0.2, -0.15) is 13.2 Å². The SMILES string of the molecule is FC(F)(F)Cc1cc2c(N3CCC4(CN(Cc5ccc6cc[nH]c6c5)C4)C3)ncnc2s1. The maximum Gasteiger partial charge on any atom is 0.393 e. The third-order valence-corrected chi connectivity index (χ3v) is 7.66. The minimum Gasteiger partial charge on any atom is -0.361 e. The first kappa shape index (κ1) is 20.0. The fourth-order valence-corrected chi connectivity index (χ4v) is 6.29. The summed E-state index contributed by atoms with van der Waals surface area (Å²) in [4.78, 5) is 17.6. The van der Waals surface area contributed by atoms with Crippen LogP contribution < -0.4 is 4.90 Å². The van der Waals surface area contributed by atoms with Gasteiger partial charge in [-0.3, -0.25) is 4.90 Å². The maximum atomic E-state index is 12.8. The summed E-state index contributed by atoms with van der Waals surface area (Å²) in [7, 11) is 0. The number of fused-ring (bicyclic) bond motifs is 2. The highest BCUT2D eigenvalue weighted by molar-refractivity contribution is 7.18. The Balaban J connectivity index is 1.14. The van der Waals surface area contributed by atoms with E-state index in [2.05, 4.69) is 49.0 Å². The third-order valence-electron chi connectivity index (χ3n) is 6.62. The van der Waals surface area contributed by atoms with Crippen molar-refractivity contribution in [1.82, 2.24) is 19.9 Å². The van der Waals surface area contributed by atoms with E-state index in [1.54, 1.807) is 6.07 Å². The largest absolute Gasteiger partial charge is 0.393 e. The van der Waals surface area contributed by atoms with Crippen LogP contribution in [0.25, 0.3) is 21.1 Å². The van der Waals surface area contributed by atoms with Crippen molar-refractivity contribution >= 4 is 38.3 Å². The second-order valence-electron chi connectivity index (χ2n) is 9.14. The van der Waals surface area contributed by atoms with Crippen molar-refractivity contribution in [3.63, 3.8) is 0 Å². The van der Waals surface area contributed by atoms with Crippen LogP contribution in [0.2, 0.25) is 0 Å². The second kappa shape index (κ2) is 7.18. The third kappa shape index (κ3) is 3.63. The zero-order chi connectivity index (χ0) is 21.9. The van der Waals surface area contributed by atoms with Crippen molar-refractivity contribution in [3.05, 3.63) is 53.3 Å². The van der Waals surface area contributed by atoms with Crippen LogP contribution in [-0.2, 0) is 13.0 Å². The Morgan fingerprint density at radius 1 is 1.09 bits per heavy atom. The highest BCUT2D eigenvalue weighted by Gasteiger charge is 2.48. The molecule has 166 valence electrons. The number of nitrogens with zero attached hydrogens (tertiary/aromatic N) is 4. The number of alkyl halides is 3. The van der Waals surface area contributed by atoms with Crippen molar-refractivity contribution < 1.29 is 13.2 Å². The average molecular weight is 458 g/mol. The molecule has 9 heteroatoms. The van der Waals surface area contributed by atoms with Crippen molar-refractivity contribution in [2.45, 2.75) is 25.6 Å².